The maximum Gasteiger partial charge on any atom is 0.119 e. The fraction of sp³-hybridized carbons (Fsp3) is 0.739. The number of phenolic OH excluding ortho intramolecular Hbond substituents is 1. The Morgan fingerprint density at radius 3 is 1.62 bits per heavy atom. The molecule has 24 heavy (non-hydrogen) atoms. The van der Waals surface area contributed by atoms with Crippen LogP contribution in [0.25, 0.3) is 0 Å². The first-order chi connectivity index (χ1) is 11.8. The van der Waals surface area contributed by atoms with Crippen LogP contribution < -0.4 is 0 Å². The molecule has 0 aliphatic carbocycles. The van der Waals surface area contributed by atoms with Crippen molar-refractivity contribution in [3.8, 4) is 5.75 Å². The number of unbranched alkanes of at least 4 members (excludes halogenated alkanes) is 10. The zero-order valence-corrected chi connectivity index (χ0v) is 16.2. The Bertz CT molecular complexity index is 399. The summed E-state index contributed by atoms with van der Waals surface area (Å²) in [5.74, 6) is 1.04. The van der Waals surface area contributed by atoms with E-state index in [4.69, 9.17) is 0 Å². The highest BCUT2D eigenvalue weighted by molar-refractivity contribution is 5.34. The molecule has 1 rings (SSSR count). The normalized spacial score (nSPS) is 12.4. The van der Waals surface area contributed by atoms with Crippen LogP contribution in [0, 0.1) is 0 Å². The molecule has 0 fully saturated rings. The van der Waals surface area contributed by atoms with Gasteiger partial charge in [-0.3, -0.25) is 0 Å². The number of para-hydroxylation sites is 1. The second kappa shape index (κ2) is 14.4. The average molecular weight is 333 g/mol. The summed E-state index contributed by atoms with van der Waals surface area (Å²) >= 11 is 0. The van der Waals surface area contributed by atoms with E-state index in [0.717, 1.165) is 0 Å². The lowest BCUT2D eigenvalue weighted by atomic mass is 9.87. The number of phenols is 1. The zero-order chi connectivity index (χ0) is 17.5. The van der Waals surface area contributed by atoms with Crippen LogP contribution in [0.15, 0.2) is 24.3 Å². The molecule has 1 heteroatoms. The molecule has 0 radical (unpaired) electrons. The number of hydrogen-bond donors (Lipinski definition) is 1. The van der Waals surface area contributed by atoms with Crippen LogP contribution in [0.1, 0.15) is 115 Å². The lowest BCUT2D eigenvalue weighted by Crippen LogP contribution is -2.00. The molecule has 1 N–H and O–H groups in total. The fourth-order valence-electron chi connectivity index (χ4n) is 3.63. The molecular weight excluding hydrogens is 292 g/mol. The van der Waals surface area contributed by atoms with E-state index in [1.807, 2.05) is 12.1 Å². The minimum atomic E-state index is 0.499. The summed E-state index contributed by atoms with van der Waals surface area (Å²) in [4.78, 5) is 0. The number of aromatic hydroxyl groups is 1. The third-order valence-corrected chi connectivity index (χ3v) is 5.19. The maximum absolute atomic E-state index is 10.2. The predicted octanol–water partition coefficient (Wildman–Crippen LogP) is 7.98. The van der Waals surface area contributed by atoms with Crippen molar-refractivity contribution in [2.75, 3.05) is 0 Å². The Morgan fingerprint density at radius 1 is 0.667 bits per heavy atom. The van der Waals surface area contributed by atoms with Gasteiger partial charge in [0.15, 0.2) is 0 Å². The summed E-state index contributed by atoms with van der Waals surface area (Å²) in [7, 11) is 0. The van der Waals surface area contributed by atoms with Gasteiger partial charge >= 0.3 is 0 Å². The van der Waals surface area contributed by atoms with Gasteiger partial charge in [0.05, 0.1) is 0 Å². The van der Waals surface area contributed by atoms with E-state index < -0.39 is 0 Å². The van der Waals surface area contributed by atoms with Crippen LogP contribution in [0.2, 0.25) is 0 Å². The summed E-state index contributed by atoms with van der Waals surface area (Å²) in [6.07, 6.45) is 18.7. The van der Waals surface area contributed by atoms with Crippen molar-refractivity contribution < 1.29 is 5.11 Å². The molecule has 0 heterocycles. The van der Waals surface area contributed by atoms with Gasteiger partial charge in [-0.1, -0.05) is 109 Å². The van der Waals surface area contributed by atoms with Gasteiger partial charge < -0.3 is 5.11 Å². The van der Waals surface area contributed by atoms with Crippen molar-refractivity contribution in [1.82, 2.24) is 0 Å². The molecule has 138 valence electrons. The predicted molar refractivity (Wildman–Crippen MR) is 107 cm³/mol. The molecule has 1 unspecified atom stereocenters. The highest BCUT2D eigenvalue weighted by Gasteiger charge is 2.14. The second-order valence-electron chi connectivity index (χ2n) is 7.37. The zero-order valence-electron chi connectivity index (χ0n) is 16.2. The van der Waals surface area contributed by atoms with Gasteiger partial charge in [0.2, 0.25) is 0 Å². The number of benzene rings is 1. The standard InChI is InChI=1S/C23H40O/c1-3-5-7-9-10-12-14-18-21(17-13-11-8-6-4-2)22-19-15-16-20-23(22)24/h15-16,19-21,24H,3-14,17-18H2,1-2H3. The van der Waals surface area contributed by atoms with Crippen LogP contribution in [0.5, 0.6) is 5.75 Å². The highest BCUT2D eigenvalue weighted by Crippen LogP contribution is 2.33. The lowest BCUT2D eigenvalue weighted by molar-refractivity contribution is 0.438. The van der Waals surface area contributed by atoms with Crippen molar-refractivity contribution in [2.24, 2.45) is 0 Å². The SMILES string of the molecule is CCCCCCCCCC(CCCCCCC)c1ccccc1O. The molecule has 0 aliphatic rings. The van der Waals surface area contributed by atoms with E-state index >= 15 is 0 Å². The first-order valence-electron chi connectivity index (χ1n) is 10.6. The van der Waals surface area contributed by atoms with Gasteiger partial charge in [0.1, 0.15) is 5.75 Å². The van der Waals surface area contributed by atoms with E-state index in [1.54, 1.807) is 0 Å². The van der Waals surface area contributed by atoms with Crippen LogP contribution in [-0.2, 0) is 0 Å². The molecule has 1 nitrogen and oxygen atoms in total. The molecule has 0 aliphatic heterocycles. The molecular formula is C23H40O. The fourth-order valence-corrected chi connectivity index (χ4v) is 3.63. The smallest absolute Gasteiger partial charge is 0.119 e. The van der Waals surface area contributed by atoms with Crippen LogP contribution in [0.4, 0.5) is 0 Å². The average Bonchev–Trinajstić information content (AvgIpc) is 2.59. The number of hydrogen-bond acceptors (Lipinski definition) is 1. The maximum atomic E-state index is 10.2. The molecule has 1 aromatic carbocycles. The molecule has 0 aromatic heterocycles. The van der Waals surface area contributed by atoms with Crippen molar-refractivity contribution in [1.29, 1.82) is 0 Å². The van der Waals surface area contributed by atoms with Crippen LogP contribution >= 0.6 is 0 Å². The van der Waals surface area contributed by atoms with Gasteiger partial charge in [0, 0.05) is 0 Å². The van der Waals surface area contributed by atoms with E-state index in [9.17, 15) is 5.11 Å². The van der Waals surface area contributed by atoms with Crippen molar-refractivity contribution in [3.63, 3.8) is 0 Å². The van der Waals surface area contributed by atoms with Gasteiger partial charge in [-0.05, 0) is 30.4 Å². The highest BCUT2D eigenvalue weighted by atomic mass is 16.3. The van der Waals surface area contributed by atoms with E-state index in [-0.39, 0.29) is 0 Å². The van der Waals surface area contributed by atoms with Gasteiger partial charge in [-0.2, -0.15) is 0 Å². The van der Waals surface area contributed by atoms with Gasteiger partial charge in [-0.25, -0.2) is 0 Å². The molecule has 0 amide bonds. The summed E-state index contributed by atoms with van der Waals surface area (Å²) in [6, 6.07) is 7.99. The Kier molecular flexibility index (Phi) is 12.6. The summed E-state index contributed by atoms with van der Waals surface area (Å²) in [5.41, 5.74) is 1.18. The Hall–Kier alpha value is -0.980. The van der Waals surface area contributed by atoms with E-state index in [1.165, 1.54) is 95.5 Å². The second-order valence-corrected chi connectivity index (χ2v) is 7.37. The Balaban J connectivity index is 2.36. The minimum Gasteiger partial charge on any atom is -0.508 e. The molecule has 0 bridgehead atoms. The third kappa shape index (κ3) is 9.35. The van der Waals surface area contributed by atoms with Crippen molar-refractivity contribution >= 4 is 0 Å². The molecule has 0 spiro atoms. The van der Waals surface area contributed by atoms with Crippen LogP contribution in [-0.4, -0.2) is 5.11 Å². The molecule has 0 saturated heterocycles. The Labute approximate surface area is 150 Å². The lowest BCUT2D eigenvalue weighted by Gasteiger charge is -2.18. The van der Waals surface area contributed by atoms with Crippen molar-refractivity contribution in [3.05, 3.63) is 29.8 Å². The van der Waals surface area contributed by atoms with E-state index in [2.05, 4.69) is 26.0 Å². The topological polar surface area (TPSA) is 20.2 Å². The summed E-state index contributed by atoms with van der Waals surface area (Å²) in [5, 5.41) is 10.2. The third-order valence-electron chi connectivity index (χ3n) is 5.19. The largest absolute Gasteiger partial charge is 0.508 e. The van der Waals surface area contributed by atoms with E-state index in [0.29, 0.717) is 11.7 Å². The first kappa shape index (κ1) is 21.1. The number of rotatable bonds is 15. The quantitative estimate of drug-likeness (QED) is 0.323. The summed E-state index contributed by atoms with van der Waals surface area (Å²) in [6.45, 7) is 4.54. The molecule has 1 atom stereocenters. The molecule has 1 aromatic rings. The first-order valence-corrected chi connectivity index (χ1v) is 10.6. The Morgan fingerprint density at radius 2 is 1.12 bits per heavy atom. The van der Waals surface area contributed by atoms with Crippen LogP contribution in [0.3, 0.4) is 0 Å². The monoisotopic (exact) mass is 332 g/mol. The molecule has 0 saturated carbocycles. The van der Waals surface area contributed by atoms with Gasteiger partial charge in [0.25, 0.3) is 0 Å². The van der Waals surface area contributed by atoms with Crippen molar-refractivity contribution in [2.45, 2.75) is 110 Å². The summed E-state index contributed by atoms with van der Waals surface area (Å²) < 4.78 is 0. The minimum absolute atomic E-state index is 0.499. The van der Waals surface area contributed by atoms with Gasteiger partial charge in [-0.15, -0.1) is 0 Å².